The van der Waals surface area contributed by atoms with Crippen LogP contribution < -0.4 is 15.4 Å². The number of amides is 1. The van der Waals surface area contributed by atoms with Gasteiger partial charge in [-0.1, -0.05) is 0 Å². The van der Waals surface area contributed by atoms with Crippen molar-refractivity contribution in [2.45, 2.75) is 26.7 Å². The van der Waals surface area contributed by atoms with E-state index in [0.29, 0.717) is 11.4 Å². The molecule has 0 saturated carbocycles. The highest BCUT2D eigenvalue weighted by Gasteiger charge is 2.21. The molecule has 23 heavy (non-hydrogen) atoms. The molecule has 0 unspecified atom stereocenters. The van der Waals surface area contributed by atoms with Crippen LogP contribution in [-0.2, 0) is 14.8 Å². The number of benzene rings is 1. The summed E-state index contributed by atoms with van der Waals surface area (Å²) in [7, 11) is -3.29. The molecule has 0 atom stereocenters. The largest absolute Gasteiger partial charge is 0.326 e. The Kier molecular flexibility index (Phi) is 7.31. The number of nitrogens with one attached hydrogen (secondary N) is 3. The summed E-state index contributed by atoms with van der Waals surface area (Å²) in [5, 5.41) is 6.14. The molecule has 1 saturated heterocycles. The molecule has 0 bridgehead atoms. The van der Waals surface area contributed by atoms with Crippen LogP contribution in [0.2, 0.25) is 0 Å². The van der Waals surface area contributed by atoms with E-state index in [1.54, 1.807) is 25.1 Å². The fourth-order valence-electron chi connectivity index (χ4n) is 2.42. The van der Waals surface area contributed by atoms with Gasteiger partial charge in [0.25, 0.3) is 0 Å². The molecule has 0 spiro atoms. The zero-order valence-corrected chi connectivity index (χ0v) is 15.0. The Bertz CT molecular complexity index is 643. The Morgan fingerprint density at radius 1 is 1.30 bits per heavy atom. The monoisotopic (exact) mass is 361 g/mol. The Morgan fingerprint density at radius 2 is 1.96 bits per heavy atom. The molecule has 6 nitrogen and oxygen atoms in total. The third-order valence-electron chi connectivity index (χ3n) is 3.85. The van der Waals surface area contributed by atoms with Crippen LogP contribution in [0.1, 0.15) is 25.3 Å². The average molecular weight is 362 g/mol. The highest BCUT2D eigenvalue weighted by Crippen LogP contribution is 2.22. The summed E-state index contributed by atoms with van der Waals surface area (Å²) in [5.41, 5.74) is 2.02. The molecule has 0 aromatic heterocycles. The lowest BCUT2D eigenvalue weighted by atomic mass is 9.97. The maximum Gasteiger partial charge on any atom is 0.232 e. The Morgan fingerprint density at radius 3 is 2.52 bits per heavy atom. The Balaban J connectivity index is 0.00000264. The number of piperidine rings is 1. The first-order valence-corrected chi connectivity index (χ1v) is 9.19. The number of carbonyl (C=O) groups excluding carboxylic acids is 1. The Labute approximate surface area is 143 Å². The van der Waals surface area contributed by atoms with Crippen LogP contribution in [0, 0.1) is 12.8 Å². The second-order valence-electron chi connectivity index (χ2n) is 5.55. The van der Waals surface area contributed by atoms with Crippen molar-refractivity contribution in [2.24, 2.45) is 5.92 Å². The lowest BCUT2D eigenvalue weighted by Crippen LogP contribution is -2.34. The van der Waals surface area contributed by atoms with Crippen molar-refractivity contribution >= 4 is 39.7 Å². The normalized spacial score (nSPS) is 15.6. The van der Waals surface area contributed by atoms with Gasteiger partial charge in [-0.05, 0) is 63.5 Å². The van der Waals surface area contributed by atoms with Crippen LogP contribution in [0.25, 0.3) is 0 Å². The van der Waals surface area contributed by atoms with E-state index in [0.717, 1.165) is 31.5 Å². The molecule has 1 amide bonds. The number of hydrogen-bond acceptors (Lipinski definition) is 4. The molecular weight excluding hydrogens is 338 g/mol. The molecule has 0 radical (unpaired) electrons. The summed E-state index contributed by atoms with van der Waals surface area (Å²) in [6.45, 7) is 5.14. The van der Waals surface area contributed by atoms with Gasteiger partial charge in [0.05, 0.1) is 11.4 Å². The molecule has 3 N–H and O–H groups in total. The number of carbonyl (C=O) groups is 1. The highest BCUT2D eigenvalue weighted by atomic mass is 35.5. The van der Waals surface area contributed by atoms with Crippen LogP contribution in [0.4, 0.5) is 11.4 Å². The summed E-state index contributed by atoms with van der Waals surface area (Å²) in [5.74, 6) is 0.100. The van der Waals surface area contributed by atoms with E-state index in [4.69, 9.17) is 0 Å². The van der Waals surface area contributed by atoms with Crippen molar-refractivity contribution in [2.75, 3.05) is 28.9 Å². The molecule has 1 fully saturated rings. The predicted octanol–water partition coefficient (Wildman–Crippen LogP) is 2.12. The van der Waals surface area contributed by atoms with Crippen molar-refractivity contribution in [1.82, 2.24) is 5.32 Å². The van der Waals surface area contributed by atoms with E-state index in [9.17, 15) is 13.2 Å². The van der Waals surface area contributed by atoms with Crippen molar-refractivity contribution < 1.29 is 13.2 Å². The molecule has 1 aromatic rings. The quantitative estimate of drug-likeness (QED) is 0.749. The maximum absolute atomic E-state index is 12.2. The molecule has 0 aliphatic carbocycles. The van der Waals surface area contributed by atoms with Gasteiger partial charge < -0.3 is 10.6 Å². The first-order valence-electron chi connectivity index (χ1n) is 7.54. The molecule has 2 rings (SSSR count). The van der Waals surface area contributed by atoms with E-state index in [1.165, 1.54) is 0 Å². The SMILES string of the molecule is CCS(=O)(=O)Nc1ccc(NC(=O)C2CCNCC2)cc1C.Cl. The molecule has 1 aromatic carbocycles. The maximum atomic E-state index is 12.2. The number of halogens is 1. The van der Waals surface area contributed by atoms with E-state index in [2.05, 4.69) is 15.4 Å². The minimum Gasteiger partial charge on any atom is -0.326 e. The smallest absolute Gasteiger partial charge is 0.232 e. The minimum absolute atomic E-state index is 0. The van der Waals surface area contributed by atoms with E-state index < -0.39 is 10.0 Å². The zero-order valence-electron chi connectivity index (χ0n) is 13.4. The number of hydrogen-bond donors (Lipinski definition) is 3. The molecule has 1 aliphatic rings. The summed E-state index contributed by atoms with van der Waals surface area (Å²) >= 11 is 0. The van der Waals surface area contributed by atoms with Crippen molar-refractivity contribution in [3.05, 3.63) is 23.8 Å². The third-order valence-corrected chi connectivity index (χ3v) is 5.14. The molecular formula is C15H24ClN3O3S. The second-order valence-corrected chi connectivity index (χ2v) is 7.56. The lowest BCUT2D eigenvalue weighted by molar-refractivity contribution is -0.120. The molecule has 130 valence electrons. The van der Waals surface area contributed by atoms with Gasteiger partial charge in [-0.15, -0.1) is 12.4 Å². The van der Waals surface area contributed by atoms with Crippen LogP contribution in [0.3, 0.4) is 0 Å². The summed E-state index contributed by atoms with van der Waals surface area (Å²) in [6.07, 6.45) is 1.69. The molecule has 1 heterocycles. The van der Waals surface area contributed by atoms with E-state index >= 15 is 0 Å². The number of aryl methyl sites for hydroxylation is 1. The molecule has 1 aliphatic heterocycles. The van der Waals surface area contributed by atoms with Gasteiger partial charge in [-0.25, -0.2) is 8.42 Å². The third kappa shape index (κ3) is 5.67. The second kappa shape index (κ2) is 8.52. The fraction of sp³-hybridized carbons (Fsp3) is 0.533. The van der Waals surface area contributed by atoms with Crippen LogP contribution in [0.15, 0.2) is 18.2 Å². The van der Waals surface area contributed by atoms with Crippen molar-refractivity contribution in [3.8, 4) is 0 Å². The zero-order chi connectivity index (χ0) is 16.2. The topological polar surface area (TPSA) is 87.3 Å². The van der Waals surface area contributed by atoms with E-state index in [1.807, 2.05) is 6.92 Å². The lowest BCUT2D eigenvalue weighted by Gasteiger charge is -2.22. The number of sulfonamides is 1. The van der Waals surface area contributed by atoms with Crippen molar-refractivity contribution in [3.63, 3.8) is 0 Å². The fourth-order valence-corrected chi connectivity index (χ4v) is 3.13. The van der Waals surface area contributed by atoms with Gasteiger partial charge in [-0.3, -0.25) is 9.52 Å². The minimum atomic E-state index is -3.29. The van der Waals surface area contributed by atoms with Gasteiger partial charge in [0, 0.05) is 11.6 Å². The van der Waals surface area contributed by atoms with Gasteiger partial charge in [0.15, 0.2) is 0 Å². The predicted molar refractivity (Wildman–Crippen MR) is 95.7 cm³/mol. The highest BCUT2D eigenvalue weighted by molar-refractivity contribution is 7.92. The number of anilines is 2. The van der Waals surface area contributed by atoms with Gasteiger partial charge >= 0.3 is 0 Å². The number of rotatable bonds is 5. The van der Waals surface area contributed by atoms with Crippen LogP contribution in [-0.4, -0.2) is 33.2 Å². The van der Waals surface area contributed by atoms with E-state index in [-0.39, 0.29) is 30.0 Å². The summed E-state index contributed by atoms with van der Waals surface area (Å²) < 4.78 is 25.7. The standard InChI is InChI=1S/C15H23N3O3S.ClH/c1-3-22(20,21)18-14-5-4-13(10-11(14)2)17-15(19)12-6-8-16-9-7-12;/h4-5,10,12,16,18H,3,6-9H2,1-2H3,(H,17,19);1H. The first-order chi connectivity index (χ1) is 10.4. The van der Waals surface area contributed by atoms with Crippen LogP contribution in [0.5, 0.6) is 0 Å². The summed E-state index contributed by atoms with van der Waals surface area (Å²) in [6, 6.07) is 5.19. The van der Waals surface area contributed by atoms with Gasteiger partial charge in [0.1, 0.15) is 0 Å². The Hall–Kier alpha value is -1.31. The van der Waals surface area contributed by atoms with Gasteiger partial charge in [-0.2, -0.15) is 0 Å². The first kappa shape index (κ1) is 19.7. The van der Waals surface area contributed by atoms with Crippen LogP contribution >= 0.6 is 12.4 Å². The van der Waals surface area contributed by atoms with Gasteiger partial charge in [0.2, 0.25) is 15.9 Å². The summed E-state index contributed by atoms with van der Waals surface area (Å²) in [4.78, 5) is 12.2. The average Bonchev–Trinajstić information content (AvgIpc) is 2.51. The molecule has 8 heteroatoms. The van der Waals surface area contributed by atoms with Crippen molar-refractivity contribution in [1.29, 1.82) is 0 Å².